The quantitative estimate of drug-likeness (QED) is 0.168. The summed E-state index contributed by atoms with van der Waals surface area (Å²) in [5, 5.41) is 15.9. The highest BCUT2D eigenvalue weighted by atomic mass is 31.3. The number of carbonyl (C=O) groups excluding carboxylic acids is 1. The second-order valence-corrected chi connectivity index (χ2v) is 13.2. The van der Waals surface area contributed by atoms with Crippen molar-refractivity contribution in [2.75, 3.05) is 31.3 Å². The number of rotatable bonds is 14. The Kier molecular flexibility index (Phi) is 10.6. The van der Waals surface area contributed by atoms with Crippen LogP contribution in [0.1, 0.15) is 18.7 Å². The van der Waals surface area contributed by atoms with Gasteiger partial charge in [0.15, 0.2) is 37.1 Å². The topological polar surface area (TPSA) is 260 Å². The predicted molar refractivity (Wildman–Crippen MR) is 154 cm³/mol. The molecule has 4 N–H and O–H groups in total. The molecule has 2 aromatic heterocycles. The van der Waals surface area contributed by atoms with E-state index in [1.807, 2.05) is 35.6 Å². The standard InChI is InChI=1S/C25H31N7O12P2/c1-2-27-25(35)31-22-19-23(29-12-28-22)32(13-30-19)24-21-20(42-18(43-21)9-8-15-6-4-3-5-7-15)16(41-24)11-40-46(38,39)44-45(36,37)14-26-10-17(33)34/h3-9,12-13,16,18,20-21,24,26H,2,10-11,14H2,1H3,(H,33,34)(H,36,37)(H,38,39)(H2,27,28,29,31,35)/p-2/b9-8+/t16-,18+,20+,21+,24-/m1/s1. The fourth-order valence-corrected chi connectivity index (χ4v) is 7.03. The van der Waals surface area contributed by atoms with Crippen LogP contribution in [0.15, 0.2) is 49.1 Å². The third-order valence-corrected chi connectivity index (χ3v) is 9.39. The zero-order valence-corrected chi connectivity index (χ0v) is 25.8. The van der Waals surface area contributed by atoms with Gasteiger partial charge in [0, 0.05) is 6.54 Å². The van der Waals surface area contributed by atoms with E-state index in [2.05, 4.69) is 29.9 Å². The van der Waals surface area contributed by atoms with Crippen LogP contribution in [-0.4, -0.2) is 87.2 Å². The van der Waals surface area contributed by atoms with Gasteiger partial charge in [-0.2, -0.15) is 0 Å². The lowest BCUT2D eigenvalue weighted by atomic mass is 10.1. The Hall–Kier alpha value is -3.61. The molecule has 248 valence electrons. The number of benzene rings is 1. The van der Waals surface area contributed by atoms with Gasteiger partial charge in [-0.15, -0.1) is 0 Å². The second-order valence-electron chi connectivity index (χ2n) is 9.85. The number of carbonyl (C=O) groups is 2. The fraction of sp³-hybridized carbons (Fsp3) is 0.400. The van der Waals surface area contributed by atoms with E-state index in [0.29, 0.717) is 6.54 Å². The van der Waals surface area contributed by atoms with Crippen LogP contribution in [-0.2, 0) is 37.0 Å². The molecule has 2 aliphatic rings. The van der Waals surface area contributed by atoms with Crippen molar-refractivity contribution in [3.8, 4) is 0 Å². The summed E-state index contributed by atoms with van der Waals surface area (Å²) in [5.74, 6) is -1.23. The summed E-state index contributed by atoms with van der Waals surface area (Å²) < 4.78 is 53.3. The maximum Gasteiger partial charge on any atom is 0.320 e. The lowest BCUT2D eigenvalue weighted by Gasteiger charge is -2.32. The van der Waals surface area contributed by atoms with Crippen molar-refractivity contribution in [2.24, 2.45) is 0 Å². The van der Waals surface area contributed by atoms with Crippen LogP contribution in [0.25, 0.3) is 17.2 Å². The normalized spacial score (nSPS) is 25.2. The Labute approximate surface area is 261 Å². The molecule has 5 rings (SSSR count). The number of carboxylic acids is 1. The summed E-state index contributed by atoms with van der Waals surface area (Å²) >= 11 is 0. The Morgan fingerprint density at radius 3 is 2.61 bits per heavy atom. The highest BCUT2D eigenvalue weighted by Crippen LogP contribution is 2.55. The molecule has 0 aliphatic carbocycles. The van der Waals surface area contributed by atoms with Gasteiger partial charge in [0.2, 0.25) is 0 Å². The van der Waals surface area contributed by atoms with Gasteiger partial charge >= 0.3 is 12.0 Å². The number of imidazole rings is 1. The van der Waals surface area contributed by atoms with E-state index in [-0.39, 0.29) is 17.0 Å². The summed E-state index contributed by atoms with van der Waals surface area (Å²) in [7, 11) is -10.6. The van der Waals surface area contributed by atoms with Crippen LogP contribution in [0.5, 0.6) is 0 Å². The Morgan fingerprint density at radius 1 is 1.11 bits per heavy atom. The molecule has 0 bridgehead atoms. The van der Waals surface area contributed by atoms with Crippen molar-refractivity contribution in [1.29, 1.82) is 0 Å². The lowest BCUT2D eigenvalue weighted by Crippen LogP contribution is -2.32. The van der Waals surface area contributed by atoms with E-state index in [0.717, 1.165) is 5.56 Å². The fourth-order valence-electron chi connectivity index (χ4n) is 4.67. The van der Waals surface area contributed by atoms with Crippen LogP contribution in [0.3, 0.4) is 0 Å². The maximum atomic E-state index is 12.4. The highest BCUT2D eigenvalue weighted by molar-refractivity contribution is 7.62. The molecule has 2 saturated heterocycles. The number of urea groups is 1. The van der Waals surface area contributed by atoms with Crippen LogP contribution >= 0.6 is 15.4 Å². The zero-order valence-electron chi connectivity index (χ0n) is 24.0. The molecule has 2 fully saturated rings. The van der Waals surface area contributed by atoms with E-state index in [9.17, 15) is 28.5 Å². The van der Waals surface area contributed by atoms with Crippen molar-refractivity contribution in [3.63, 3.8) is 0 Å². The number of fused-ring (bicyclic) bond motifs is 2. The molecule has 2 unspecified atom stereocenters. The molecule has 1 aromatic carbocycles. The van der Waals surface area contributed by atoms with Crippen molar-refractivity contribution >= 4 is 50.5 Å². The number of anilines is 1. The number of ether oxygens (including phenoxy) is 3. The number of hydrogen-bond donors (Lipinski definition) is 4. The Bertz CT molecular complexity index is 1680. The van der Waals surface area contributed by atoms with Crippen LogP contribution in [0.4, 0.5) is 10.6 Å². The Balaban J connectivity index is 1.35. The van der Waals surface area contributed by atoms with Crippen molar-refractivity contribution < 1.29 is 56.7 Å². The number of nitrogens with zero attached hydrogens (tertiary/aromatic N) is 4. The van der Waals surface area contributed by atoms with Gasteiger partial charge in [-0.3, -0.25) is 28.9 Å². The number of aromatic nitrogens is 4. The first-order valence-corrected chi connectivity index (χ1v) is 16.9. The molecule has 0 radical (unpaired) electrons. The molecular formula is C25H29N7O12P2-2. The van der Waals surface area contributed by atoms with E-state index in [1.165, 1.54) is 17.2 Å². The van der Waals surface area contributed by atoms with Gasteiger partial charge < -0.3 is 43.5 Å². The van der Waals surface area contributed by atoms with Gasteiger partial charge in [0.05, 0.1) is 25.8 Å². The van der Waals surface area contributed by atoms with Crippen molar-refractivity contribution in [1.82, 2.24) is 30.2 Å². The summed E-state index contributed by atoms with van der Waals surface area (Å²) in [6, 6.07) is 8.82. The zero-order chi connectivity index (χ0) is 32.9. The third kappa shape index (κ3) is 8.40. The first-order valence-electron chi connectivity index (χ1n) is 13.8. The van der Waals surface area contributed by atoms with Gasteiger partial charge in [0.25, 0.3) is 7.82 Å². The number of nitrogens with one attached hydrogen (secondary N) is 3. The minimum absolute atomic E-state index is 0.126. The largest absolute Gasteiger partial charge is 0.777 e. The SMILES string of the molecule is CCNC(=O)Nc1ncnc2c1ncn2[C@@H]1O[C@H](COP(=O)([O-])OP(=O)([O-])CNCC(=O)O)[C@@H]2O[C@H](/C=C/c3ccccc3)O[C@@H]21. The number of hydrogen-bond acceptors (Lipinski definition) is 15. The number of aliphatic carboxylic acids is 1. The minimum Gasteiger partial charge on any atom is -0.777 e. The summed E-state index contributed by atoms with van der Waals surface area (Å²) in [6.45, 7) is 0.657. The molecule has 21 heteroatoms. The summed E-state index contributed by atoms with van der Waals surface area (Å²) in [4.78, 5) is 59.9. The molecule has 19 nitrogen and oxygen atoms in total. The molecular weight excluding hydrogens is 652 g/mol. The molecule has 0 spiro atoms. The highest BCUT2D eigenvalue weighted by Gasteiger charge is 2.53. The average Bonchev–Trinajstić information content (AvgIpc) is 3.69. The molecule has 2 aliphatic heterocycles. The molecule has 4 heterocycles. The van der Waals surface area contributed by atoms with Crippen molar-refractivity contribution in [2.45, 2.75) is 37.8 Å². The first kappa shape index (κ1) is 33.7. The third-order valence-electron chi connectivity index (χ3n) is 6.52. The first-order chi connectivity index (χ1) is 21.9. The van der Waals surface area contributed by atoms with Gasteiger partial charge in [-0.05, 0) is 18.6 Å². The van der Waals surface area contributed by atoms with E-state index < -0.39 is 77.7 Å². The van der Waals surface area contributed by atoms with Gasteiger partial charge in [0.1, 0.15) is 24.6 Å². The number of carboxylic acid groups (broad SMARTS) is 1. The average molecular weight is 681 g/mol. The molecule has 2 amide bonds. The molecule has 0 saturated carbocycles. The van der Waals surface area contributed by atoms with Gasteiger partial charge in [-0.1, -0.05) is 36.4 Å². The Morgan fingerprint density at radius 2 is 1.87 bits per heavy atom. The number of phosphoric acid groups is 1. The summed E-state index contributed by atoms with van der Waals surface area (Å²) in [6.07, 6.45) is 0.168. The number of phosphoric ester groups is 1. The number of amides is 2. The van der Waals surface area contributed by atoms with Gasteiger partial charge in [-0.25, -0.2) is 19.7 Å². The molecule has 7 atom stereocenters. The van der Waals surface area contributed by atoms with Crippen LogP contribution in [0.2, 0.25) is 0 Å². The van der Waals surface area contributed by atoms with Crippen molar-refractivity contribution in [3.05, 3.63) is 54.6 Å². The van der Waals surface area contributed by atoms with Crippen LogP contribution < -0.4 is 25.7 Å². The van der Waals surface area contributed by atoms with E-state index in [4.69, 9.17) is 23.8 Å². The second kappa shape index (κ2) is 14.4. The predicted octanol–water partition coefficient (Wildman–Crippen LogP) is 0.375. The van der Waals surface area contributed by atoms with E-state index in [1.54, 1.807) is 19.1 Å². The maximum absolute atomic E-state index is 12.4. The lowest BCUT2D eigenvalue weighted by molar-refractivity contribution is -0.234. The smallest absolute Gasteiger partial charge is 0.320 e. The van der Waals surface area contributed by atoms with Crippen LogP contribution in [0, 0.1) is 0 Å². The summed E-state index contributed by atoms with van der Waals surface area (Å²) in [5.41, 5.74) is 1.35. The molecule has 3 aromatic rings. The van der Waals surface area contributed by atoms with E-state index >= 15 is 0 Å². The monoisotopic (exact) mass is 681 g/mol. The minimum atomic E-state index is -5.47. The molecule has 46 heavy (non-hydrogen) atoms.